The van der Waals surface area contributed by atoms with Gasteiger partial charge >= 0.3 is 0 Å². The van der Waals surface area contributed by atoms with Gasteiger partial charge in [0.15, 0.2) is 0 Å². The topological polar surface area (TPSA) is 6.48 Å². The smallest absolute Gasteiger partial charge is 0.123 e. The average Bonchev–Trinajstić information content (AvgIpc) is 3.12. The Morgan fingerprint density at radius 3 is 2.41 bits per heavy atom. The van der Waals surface area contributed by atoms with Crippen LogP contribution in [0.25, 0.3) is 0 Å². The fourth-order valence-corrected chi connectivity index (χ4v) is 5.61. The molecule has 1 aliphatic heterocycles. The van der Waals surface area contributed by atoms with Crippen LogP contribution in [0.5, 0.6) is 0 Å². The van der Waals surface area contributed by atoms with Crippen LogP contribution in [0.4, 0.5) is 8.78 Å². The Bertz CT molecular complexity index is 983. The summed E-state index contributed by atoms with van der Waals surface area (Å²) in [5.74, 6) is 0.850. The summed E-state index contributed by atoms with van der Waals surface area (Å²) >= 11 is 1.83. The Morgan fingerprint density at radius 2 is 1.68 bits per heavy atom. The summed E-state index contributed by atoms with van der Waals surface area (Å²) in [6, 6.07) is 6.80. The van der Waals surface area contributed by atoms with Gasteiger partial charge in [-0.05, 0) is 74.2 Å². The first-order valence-corrected chi connectivity index (χ1v) is 14.6. The summed E-state index contributed by atoms with van der Waals surface area (Å²) in [4.78, 5) is 6.27. The third-order valence-electron chi connectivity index (χ3n) is 6.99. The van der Waals surface area contributed by atoms with Crippen molar-refractivity contribution < 1.29 is 8.78 Å². The lowest BCUT2D eigenvalue weighted by molar-refractivity contribution is 0.136. The molecule has 1 aromatic rings. The molecule has 0 N–H and O–H groups in total. The first-order chi connectivity index (χ1) is 18.0. The van der Waals surface area contributed by atoms with Crippen LogP contribution < -0.4 is 0 Å². The molecule has 5 heteroatoms. The third kappa shape index (κ3) is 11.0. The second-order valence-corrected chi connectivity index (χ2v) is 10.9. The van der Waals surface area contributed by atoms with Gasteiger partial charge < -0.3 is 4.90 Å². The molecule has 1 aliphatic carbocycles. The maximum atomic E-state index is 13.7. The Balaban J connectivity index is 1.35. The van der Waals surface area contributed by atoms with Crippen molar-refractivity contribution in [1.82, 2.24) is 9.80 Å². The predicted molar refractivity (Wildman–Crippen MR) is 157 cm³/mol. The van der Waals surface area contributed by atoms with E-state index in [1.54, 1.807) is 12.2 Å². The summed E-state index contributed by atoms with van der Waals surface area (Å²) in [5.41, 5.74) is 2.23. The number of benzene rings is 1. The molecule has 37 heavy (non-hydrogen) atoms. The molecule has 0 spiro atoms. The Labute approximate surface area is 227 Å². The molecule has 0 radical (unpaired) electrons. The number of hydrogen-bond acceptors (Lipinski definition) is 3. The molecule has 3 rings (SSSR count). The number of unbranched alkanes of at least 4 members (excludes halogenated alkanes) is 2. The summed E-state index contributed by atoms with van der Waals surface area (Å²) < 4.78 is 27.2. The van der Waals surface area contributed by atoms with Gasteiger partial charge in [0.2, 0.25) is 0 Å². The maximum Gasteiger partial charge on any atom is 0.123 e. The van der Waals surface area contributed by atoms with E-state index >= 15 is 0 Å². The van der Waals surface area contributed by atoms with E-state index in [1.807, 2.05) is 55.1 Å². The van der Waals surface area contributed by atoms with Crippen molar-refractivity contribution in [3.8, 4) is 0 Å². The van der Waals surface area contributed by atoms with Crippen LogP contribution in [0.15, 0.2) is 95.8 Å². The minimum Gasteiger partial charge on any atom is -0.301 e. The fourth-order valence-electron chi connectivity index (χ4n) is 4.82. The molecule has 1 heterocycles. The maximum absolute atomic E-state index is 13.7. The monoisotopic (exact) mass is 524 g/mol. The van der Waals surface area contributed by atoms with Gasteiger partial charge in [0.05, 0.1) is 0 Å². The fraction of sp³-hybridized carbons (Fsp3) is 0.438. The van der Waals surface area contributed by atoms with Crippen molar-refractivity contribution in [3.05, 3.63) is 107 Å². The van der Waals surface area contributed by atoms with Gasteiger partial charge in [0.1, 0.15) is 11.6 Å². The lowest BCUT2D eigenvalue weighted by Crippen LogP contribution is -2.47. The number of piperazine rings is 1. The highest BCUT2D eigenvalue weighted by Gasteiger charge is 2.18. The van der Waals surface area contributed by atoms with Crippen molar-refractivity contribution in [2.75, 3.05) is 45.0 Å². The van der Waals surface area contributed by atoms with E-state index in [0.29, 0.717) is 6.42 Å². The van der Waals surface area contributed by atoms with Crippen LogP contribution in [-0.2, 0) is 0 Å². The molecular weight excluding hydrogens is 482 g/mol. The molecule has 200 valence electrons. The molecule has 1 saturated heterocycles. The molecule has 1 fully saturated rings. The van der Waals surface area contributed by atoms with Gasteiger partial charge in [0, 0.05) is 49.3 Å². The van der Waals surface area contributed by atoms with E-state index in [4.69, 9.17) is 0 Å². The van der Waals surface area contributed by atoms with Crippen LogP contribution >= 0.6 is 11.8 Å². The Kier molecular flexibility index (Phi) is 13.2. The highest BCUT2D eigenvalue weighted by molar-refractivity contribution is 8.03. The zero-order valence-electron chi connectivity index (χ0n) is 22.3. The predicted octanol–water partition coefficient (Wildman–Crippen LogP) is 8.21. The lowest BCUT2D eigenvalue weighted by atomic mass is 9.86. The molecule has 0 amide bonds. The Hall–Kier alpha value is -2.21. The van der Waals surface area contributed by atoms with Crippen LogP contribution in [0.2, 0.25) is 0 Å². The first-order valence-electron chi connectivity index (χ1n) is 13.6. The number of rotatable bonds is 14. The van der Waals surface area contributed by atoms with Gasteiger partial charge in [-0.3, -0.25) is 4.90 Å². The highest BCUT2D eigenvalue weighted by atomic mass is 32.2. The van der Waals surface area contributed by atoms with Crippen LogP contribution in [0, 0.1) is 5.82 Å². The molecule has 0 saturated carbocycles. The van der Waals surface area contributed by atoms with E-state index in [2.05, 4.69) is 28.5 Å². The van der Waals surface area contributed by atoms with E-state index < -0.39 is 0 Å². The van der Waals surface area contributed by atoms with E-state index in [-0.39, 0.29) is 17.6 Å². The van der Waals surface area contributed by atoms with Crippen molar-refractivity contribution in [2.45, 2.75) is 44.9 Å². The molecule has 0 aromatic heterocycles. The van der Waals surface area contributed by atoms with Gasteiger partial charge in [-0.1, -0.05) is 61.9 Å². The minimum absolute atomic E-state index is 0.173. The van der Waals surface area contributed by atoms with E-state index in [9.17, 15) is 8.78 Å². The largest absolute Gasteiger partial charge is 0.301 e. The summed E-state index contributed by atoms with van der Waals surface area (Å²) in [6.07, 6.45) is 20.4. The van der Waals surface area contributed by atoms with Crippen molar-refractivity contribution in [2.24, 2.45) is 0 Å². The summed E-state index contributed by atoms with van der Waals surface area (Å²) in [5, 5.41) is 0. The van der Waals surface area contributed by atoms with Crippen molar-refractivity contribution in [1.29, 1.82) is 0 Å². The quantitative estimate of drug-likeness (QED) is 0.179. The normalized spacial score (nSPS) is 18.2. The summed E-state index contributed by atoms with van der Waals surface area (Å²) in [6.45, 7) is 12.9. The van der Waals surface area contributed by atoms with Gasteiger partial charge in [-0.2, -0.15) is 0 Å². The second-order valence-electron chi connectivity index (χ2n) is 9.70. The number of nitrogens with zero attached hydrogens (tertiary/aromatic N) is 2. The molecule has 1 aromatic carbocycles. The van der Waals surface area contributed by atoms with Crippen LogP contribution in [-0.4, -0.2) is 54.8 Å². The van der Waals surface area contributed by atoms with Gasteiger partial charge in [0.25, 0.3) is 0 Å². The lowest BCUT2D eigenvalue weighted by Gasteiger charge is -2.34. The zero-order valence-corrected chi connectivity index (χ0v) is 23.1. The van der Waals surface area contributed by atoms with Crippen LogP contribution in [0.1, 0.15) is 50.5 Å². The third-order valence-corrected chi connectivity index (χ3v) is 7.88. The van der Waals surface area contributed by atoms with Crippen molar-refractivity contribution >= 4 is 11.8 Å². The molecule has 2 nitrogen and oxygen atoms in total. The van der Waals surface area contributed by atoms with Gasteiger partial charge in [-0.15, -0.1) is 11.8 Å². The second kappa shape index (κ2) is 16.6. The van der Waals surface area contributed by atoms with E-state index in [0.717, 1.165) is 73.9 Å². The molecule has 1 unspecified atom stereocenters. The number of allylic oxidation sites excluding steroid dienone is 10. The molecule has 0 bridgehead atoms. The number of thioether (sulfide) groups is 1. The standard InChI is InChI=1S/C32H42F2N2S/c1-3-4-6-10-27(2)37-26-25-36-23-21-35(22-24-36)20-8-5-7-13-32(29-15-18-31(34)19-16-29)28-11-9-12-30(33)17-14-28/h3-4,6,10-12,14-19,32H,2,5,7-9,13,20-26H2,1H3/b4-3-,10-6-. The average molecular weight is 525 g/mol. The Morgan fingerprint density at radius 1 is 0.946 bits per heavy atom. The van der Waals surface area contributed by atoms with Crippen molar-refractivity contribution in [3.63, 3.8) is 0 Å². The SMILES string of the molecule is C=C(/C=C\C=C/C)SCCN1CCN(CCCCCC(C2=CCC=C(F)C=C2)c2ccc(F)cc2)CC1. The molecule has 1 atom stereocenters. The molecular formula is C32H42F2N2S. The highest BCUT2D eigenvalue weighted by Crippen LogP contribution is 2.33. The number of hydrogen-bond donors (Lipinski definition) is 0. The zero-order chi connectivity index (χ0) is 26.3. The minimum atomic E-state index is -0.220. The number of halogens is 2. The summed E-state index contributed by atoms with van der Waals surface area (Å²) in [7, 11) is 0. The van der Waals surface area contributed by atoms with E-state index in [1.165, 1.54) is 25.0 Å². The van der Waals surface area contributed by atoms with Gasteiger partial charge in [-0.25, -0.2) is 8.78 Å². The molecule has 2 aliphatic rings. The van der Waals surface area contributed by atoms with Crippen LogP contribution in [0.3, 0.4) is 0 Å². The first kappa shape index (κ1) is 29.3.